The van der Waals surface area contributed by atoms with E-state index in [0.29, 0.717) is 19.2 Å². The highest BCUT2D eigenvalue weighted by molar-refractivity contribution is 5.94. The van der Waals surface area contributed by atoms with Gasteiger partial charge in [0.15, 0.2) is 0 Å². The molecule has 3 rings (SSSR count). The molecular formula is C14H19N3O3. The van der Waals surface area contributed by atoms with Crippen LogP contribution in [0.4, 0.5) is 5.69 Å². The number of amides is 1. The van der Waals surface area contributed by atoms with E-state index in [-0.39, 0.29) is 17.2 Å². The number of anilines is 1. The fourth-order valence-electron chi connectivity index (χ4n) is 2.86. The fourth-order valence-corrected chi connectivity index (χ4v) is 2.86. The van der Waals surface area contributed by atoms with Crippen LogP contribution < -0.4 is 10.9 Å². The maximum absolute atomic E-state index is 12.2. The Kier molecular flexibility index (Phi) is 3.58. The highest BCUT2D eigenvalue weighted by Crippen LogP contribution is 2.22. The summed E-state index contributed by atoms with van der Waals surface area (Å²) in [7, 11) is 0. The number of aromatic amines is 1. The number of morpholine rings is 1. The number of nitrogens with zero attached hydrogens (tertiary/aromatic N) is 1. The summed E-state index contributed by atoms with van der Waals surface area (Å²) in [4.78, 5) is 28.9. The lowest BCUT2D eigenvalue weighted by molar-refractivity contribution is -0.135. The molecule has 2 unspecified atom stereocenters. The lowest BCUT2D eigenvalue weighted by Crippen LogP contribution is -2.50. The lowest BCUT2D eigenvalue weighted by Gasteiger charge is -2.34. The van der Waals surface area contributed by atoms with E-state index in [2.05, 4.69) is 15.2 Å². The number of carbonyl (C=O) groups is 1. The summed E-state index contributed by atoms with van der Waals surface area (Å²) in [5.74, 6) is -0.246. The van der Waals surface area contributed by atoms with Gasteiger partial charge in [-0.1, -0.05) is 0 Å². The van der Waals surface area contributed by atoms with Gasteiger partial charge in [0, 0.05) is 18.3 Å². The van der Waals surface area contributed by atoms with Crippen molar-refractivity contribution in [3.63, 3.8) is 0 Å². The van der Waals surface area contributed by atoms with Crippen LogP contribution in [0.2, 0.25) is 0 Å². The fraction of sp³-hybridized carbons (Fsp3) is 0.571. The molecule has 0 bridgehead atoms. The van der Waals surface area contributed by atoms with Crippen molar-refractivity contribution in [3.05, 3.63) is 28.2 Å². The van der Waals surface area contributed by atoms with Crippen LogP contribution in [0.25, 0.3) is 0 Å². The molecule has 0 spiro atoms. The molecule has 2 N–H and O–H groups in total. The topological polar surface area (TPSA) is 74.4 Å². The number of aromatic nitrogens is 1. The van der Waals surface area contributed by atoms with Crippen molar-refractivity contribution in [1.82, 2.24) is 9.88 Å². The normalized spacial score (nSPS) is 26.2. The molecule has 2 aliphatic rings. The maximum atomic E-state index is 12.2. The quantitative estimate of drug-likeness (QED) is 0.825. The molecule has 6 heteroatoms. The number of H-pyrrole nitrogens is 1. The van der Waals surface area contributed by atoms with Gasteiger partial charge in [0.25, 0.3) is 11.5 Å². The SMILES string of the molecule is Cc1ccc(NC(=O)C2CN3CCCC3CO2)c(=O)[nH]1. The van der Waals surface area contributed by atoms with Gasteiger partial charge in [-0.3, -0.25) is 14.5 Å². The van der Waals surface area contributed by atoms with Crippen molar-refractivity contribution >= 4 is 11.6 Å². The van der Waals surface area contributed by atoms with E-state index in [9.17, 15) is 9.59 Å². The Morgan fingerprint density at radius 3 is 3.15 bits per heavy atom. The number of ether oxygens (including phenoxy) is 1. The number of fused-ring (bicyclic) bond motifs is 1. The highest BCUT2D eigenvalue weighted by atomic mass is 16.5. The monoisotopic (exact) mass is 277 g/mol. The second-order valence-electron chi connectivity index (χ2n) is 5.49. The average molecular weight is 277 g/mol. The molecule has 108 valence electrons. The summed E-state index contributed by atoms with van der Waals surface area (Å²) in [5.41, 5.74) is 0.753. The summed E-state index contributed by atoms with van der Waals surface area (Å²) in [5, 5.41) is 2.65. The zero-order valence-electron chi connectivity index (χ0n) is 11.5. The number of pyridine rings is 1. The molecule has 0 aliphatic carbocycles. The largest absolute Gasteiger partial charge is 0.365 e. The standard InChI is InChI=1S/C14H19N3O3/c1-9-4-5-11(13(18)15-9)16-14(19)12-7-17-6-2-3-10(17)8-20-12/h4-5,10,12H,2-3,6-8H2,1H3,(H,15,18)(H,16,19). The van der Waals surface area contributed by atoms with E-state index in [1.807, 2.05) is 0 Å². The van der Waals surface area contributed by atoms with Gasteiger partial charge in [-0.15, -0.1) is 0 Å². The Balaban J connectivity index is 1.66. The van der Waals surface area contributed by atoms with Crippen LogP contribution in [0, 0.1) is 6.92 Å². The van der Waals surface area contributed by atoms with Crippen molar-refractivity contribution < 1.29 is 9.53 Å². The third kappa shape index (κ3) is 2.62. The Morgan fingerprint density at radius 2 is 2.35 bits per heavy atom. The van der Waals surface area contributed by atoms with Gasteiger partial charge in [0.2, 0.25) is 0 Å². The van der Waals surface area contributed by atoms with Crippen LogP contribution in [-0.2, 0) is 9.53 Å². The van der Waals surface area contributed by atoms with Crippen molar-refractivity contribution in [2.75, 3.05) is 25.0 Å². The van der Waals surface area contributed by atoms with Crippen LogP contribution >= 0.6 is 0 Å². The molecule has 2 atom stereocenters. The van der Waals surface area contributed by atoms with Crippen molar-refractivity contribution in [1.29, 1.82) is 0 Å². The van der Waals surface area contributed by atoms with E-state index < -0.39 is 6.10 Å². The number of rotatable bonds is 2. The number of nitrogens with one attached hydrogen (secondary N) is 2. The first-order valence-corrected chi connectivity index (χ1v) is 7.00. The summed E-state index contributed by atoms with van der Waals surface area (Å²) in [6, 6.07) is 3.84. The van der Waals surface area contributed by atoms with Crippen molar-refractivity contribution in [2.45, 2.75) is 31.9 Å². The van der Waals surface area contributed by atoms with Gasteiger partial charge in [-0.2, -0.15) is 0 Å². The molecule has 0 radical (unpaired) electrons. The number of carbonyl (C=O) groups excluding carboxylic acids is 1. The number of aryl methyl sites for hydroxylation is 1. The Morgan fingerprint density at radius 1 is 1.50 bits per heavy atom. The molecule has 2 saturated heterocycles. The van der Waals surface area contributed by atoms with Gasteiger partial charge in [0.05, 0.1) is 6.61 Å². The van der Waals surface area contributed by atoms with Crippen LogP contribution in [0.5, 0.6) is 0 Å². The second-order valence-corrected chi connectivity index (χ2v) is 5.49. The molecule has 20 heavy (non-hydrogen) atoms. The van der Waals surface area contributed by atoms with E-state index in [1.165, 1.54) is 6.42 Å². The Hall–Kier alpha value is -1.66. The van der Waals surface area contributed by atoms with Crippen LogP contribution in [0.15, 0.2) is 16.9 Å². The summed E-state index contributed by atoms with van der Waals surface area (Å²) >= 11 is 0. The van der Waals surface area contributed by atoms with Gasteiger partial charge >= 0.3 is 0 Å². The minimum atomic E-state index is -0.495. The number of hydrogen-bond acceptors (Lipinski definition) is 4. The summed E-state index contributed by atoms with van der Waals surface area (Å²) in [6.07, 6.45) is 1.82. The first-order chi connectivity index (χ1) is 9.63. The smallest absolute Gasteiger partial charge is 0.271 e. The molecular weight excluding hydrogens is 258 g/mol. The molecule has 1 aromatic rings. The molecule has 2 fully saturated rings. The molecule has 0 aromatic carbocycles. The van der Waals surface area contributed by atoms with Gasteiger partial charge in [-0.25, -0.2) is 0 Å². The average Bonchev–Trinajstić information content (AvgIpc) is 2.89. The maximum Gasteiger partial charge on any atom is 0.271 e. The summed E-state index contributed by atoms with van der Waals surface area (Å²) < 4.78 is 5.62. The molecule has 3 heterocycles. The third-order valence-corrected chi connectivity index (χ3v) is 3.99. The zero-order chi connectivity index (χ0) is 14.1. The summed E-state index contributed by atoms with van der Waals surface area (Å²) in [6.45, 7) is 4.04. The first-order valence-electron chi connectivity index (χ1n) is 7.00. The molecule has 1 aromatic heterocycles. The molecule has 2 aliphatic heterocycles. The lowest BCUT2D eigenvalue weighted by atomic mass is 10.2. The predicted octanol–water partition coefficient (Wildman–Crippen LogP) is 0.485. The third-order valence-electron chi connectivity index (χ3n) is 3.99. The Bertz CT molecular complexity index is 569. The molecule has 1 amide bonds. The molecule has 0 saturated carbocycles. The molecule has 6 nitrogen and oxygen atoms in total. The van der Waals surface area contributed by atoms with Gasteiger partial charge < -0.3 is 15.0 Å². The van der Waals surface area contributed by atoms with Crippen LogP contribution in [0.3, 0.4) is 0 Å². The van der Waals surface area contributed by atoms with Crippen LogP contribution in [0.1, 0.15) is 18.5 Å². The Labute approximate surface area is 117 Å². The van der Waals surface area contributed by atoms with Gasteiger partial charge in [-0.05, 0) is 38.4 Å². The highest BCUT2D eigenvalue weighted by Gasteiger charge is 2.35. The minimum Gasteiger partial charge on any atom is -0.365 e. The van der Waals surface area contributed by atoms with E-state index in [1.54, 1.807) is 19.1 Å². The number of hydrogen-bond donors (Lipinski definition) is 2. The van der Waals surface area contributed by atoms with E-state index in [0.717, 1.165) is 18.7 Å². The van der Waals surface area contributed by atoms with E-state index >= 15 is 0 Å². The van der Waals surface area contributed by atoms with Crippen LogP contribution in [-0.4, -0.2) is 47.6 Å². The van der Waals surface area contributed by atoms with Crippen molar-refractivity contribution in [3.8, 4) is 0 Å². The zero-order valence-corrected chi connectivity index (χ0v) is 11.5. The minimum absolute atomic E-state index is 0.246. The van der Waals surface area contributed by atoms with Crippen molar-refractivity contribution in [2.24, 2.45) is 0 Å². The second kappa shape index (κ2) is 5.38. The van der Waals surface area contributed by atoms with Gasteiger partial charge in [0.1, 0.15) is 11.8 Å². The first kappa shape index (κ1) is 13.3. The predicted molar refractivity (Wildman–Crippen MR) is 74.8 cm³/mol. The van der Waals surface area contributed by atoms with E-state index in [4.69, 9.17) is 4.74 Å².